The van der Waals surface area contributed by atoms with Gasteiger partial charge in [-0.3, -0.25) is 5.10 Å². The first-order chi connectivity index (χ1) is 8.71. The summed E-state index contributed by atoms with van der Waals surface area (Å²) in [6.45, 7) is 7.23. The summed E-state index contributed by atoms with van der Waals surface area (Å²) >= 11 is 0. The predicted octanol–water partition coefficient (Wildman–Crippen LogP) is 2.47. The van der Waals surface area contributed by atoms with Crippen molar-refractivity contribution in [1.82, 2.24) is 10.2 Å². The Balaban J connectivity index is 1.81. The molecule has 1 aromatic heterocycles. The van der Waals surface area contributed by atoms with Crippen LogP contribution in [0.3, 0.4) is 0 Å². The second-order valence-corrected chi connectivity index (χ2v) is 6.09. The lowest BCUT2D eigenvalue weighted by molar-refractivity contribution is 0.0491. The smallest absolute Gasteiger partial charge is 0.151 e. The highest BCUT2D eigenvalue weighted by molar-refractivity contribution is 5.52. The number of rotatable bonds is 3. The standard InChI is InChI=1S/C14H23N3O/c1-10(2)9-15-13-11-3-4-14(12(11)16-17-13)5-7-18-8-6-14/h10H,3-9H2,1-2H3,(H2,15,16,17). The van der Waals surface area contributed by atoms with Gasteiger partial charge in [0.2, 0.25) is 0 Å². The van der Waals surface area contributed by atoms with Crippen molar-refractivity contribution in [1.29, 1.82) is 0 Å². The minimum atomic E-state index is 0.332. The number of H-pyrrole nitrogens is 1. The zero-order valence-electron chi connectivity index (χ0n) is 11.4. The van der Waals surface area contributed by atoms with Gasteiger partial charge in [0.25, 0.3) is 0 Å². The Bertz CT molecular complexity index is 419. The summed E-state index contributed by atoms with van der Waals surface area (Å²) in [5.74, 6) is 1.73. The molecule has 1 aliphatic heterocycles. The quantitative estimate of drug-likeness (QED) is 0.865. The molecule has 0 aromatic carbocycles. The molecule has 1 aliphatic carbocycles. The number of hydrogen-bond acceptors (Lipinski definition) is 3. The highest BCUT2D eigenvalue weighted by atomic mass is 16.5. The molecule has 2 heterocycles. The third-order valence-electron chi connectivity index (χ3n) is 4.38. The Labute approximate surface area is 108 Å². The normalized spacial score (nSPS) is 21.5. The minimum absolute atomic E-state index is 0.332. The van der Waals surface area contributed by atoms with Gasteiger partial charge in [-0.25, -0.2) is 0 Å². The Hall–Kier alpha value is -1.03. The van der Waals surface area contributed by atoms with E-state index < -0.39 is 0 Å². The van der Waals surface area contributed by atoms with E-state index in [1.54, 1.807) is 0 Å². The molecule has 18 heavy (non-hydrogen) atoms. The van der Waals surface area contributed by atoms with Crippen LogP contribution in [0.2, 0.25) is 0 Å². The van der Waals surface area contributed by atoms with Gasteiger partial charge in [-0.2, -0.15) is 5.10 Å². The number of hydrogen-bond donors (Lipinski definition) is 2. The molecule has 0 amide bonds. The summed E-state index contributed by atoms with van der Waals surface area (Å²) in [6, 6.07) is 0. The van der Waals surface area contributed by atoms with Crippen LogP contribution in [0.5, 0.6) is 0 Å². The van der Waals surface area contributed by atoms with Gasteiger partial charge >= 0.3 is 0 Å². The lowest BCUT2D eigenvalue weighted by Gasteiger charge is -2.32. The Morgan fingerprint density at radius 3 is 2.83 bits per heavy atom. The molecular weight excluding hydrogens is 226 g/mol. The topological polar surface area (TPSA) is 49.9 Å². The number of nitrogens with one attached hydrogen (secondary N) is 2. The van der Waals surface area contributed by atoms with Crippen LogP contribution in [0.25, 0.3) is 0 Å². The monoisotopic (exact) mass is 249 g/mol. The van der Waals surface area contributed by atoms with Crippen molar-refractivity contribution in [2.75, 3.05) is 25.1 Å². The van der Waals surface area contributed by atoms with E-state index in [-0.39, 0.29) is 0 Å². The van der Waals surface area contributed by atoms with Crippen LogP contribution in [0.4, 0.5) is 5.82 Å². The van der Waals surface area contributed by atoms with E-state index >= 15 is 0 Å². The number of aromatic amines is 1. The molecule has 0 saturated carbocycles. The molecular formula is C14H23N3O. The van der Waals surface area contributed by atoms with E-state index in [4.69, 9.17) is 4.74 Å². The molecule has 4 nitrogen and oxygen atoms in total. The van der Waals surface area contributed by atoms with E-state index in [2.05, 4.69) is 29.4 Å². The van der Waals surface area contributed by atoms with Gasteiger partial charge in [0.15, 0.2) is 5.82 Å². The molecule has 100 valence electrons. The van der Waals surface area contributed by atoms with Crippen molar-refractivity contribution in [3.05, 3.63) is 11.3 Å². The van der Waals surface area contributed by atoms with Crippen molar-refractivity contribution in [2.24, 2.45) is 5.92 Å². The van der Waals surface area contributed by atoms with Gasteiger partial charge in [-0.05, 0) is 31.6 Å². The van der Waals surface area contributed by atoms with Gasteiger partial charge in [-0.1, -0.05) is 13.8 Å². The van der Waals surface area contributed by atoms with Crippen LogP contribution >= 0.6 is 0 Å². The summed E-state index contributed by atoms with van der Waals surface area (Å²) in [6.07, 6.45) is 4.71. The van der Waals surface area contributed by atoms with Crippen LogP contribution < -0.4 is 5.32 Å². The third kappa shape index (κ3) is 1.92. The number of fused-ring (bicyclic) bond motifs is 2. The van der Waals surface area contributed by atoms with Crippen molar-refractivity contribution in [3.63, 3.8) is 0 Å². The van der Waals surface area contributed by atoms with Crippen LogP contribution in [-0.2, 0) is 16.6 Å². The summed E-state index contributed by atoms with van der Waals surface area (Å²) in [5.41, 5.74) is 3.15. The lowest BCUT2D eigenvalue weighted by atomic mass is 9.78. The SMILES string of the molecule is CC(C)CNc1n[nH]c2c1CCC21CCOCC1. The number of nitrogens with zero attached hydrogens (tertiary/aromatic N) is 1. The van der Waals surface area contributed by atoms with Crippen LogP contribution in [0, 0.1) is 5.92 Å². The first-order valence-electron chi connectivity index (χ1n) is 7.11. The maximum absolute atomic E-state index is 5.51. The second-order valence-electron chi connectivity index (χ2n) is 6.09. The van der Waals surface area contributed by atoms with Gasteiger partial charge < -0.3 is 10.1 Å². The van der Waals surface area contributed by atoms with Crippen molar-refractivity contribution in [3.8, 4) is 0 Å². The molecule has 2 N–H and O–H groups in total. The number of anilines is 1. The predicted molar refractivity (Wildman–Crippen MR) is 72.0 cm³/mol. The fraction of sp³-hybridized carbons (Fsp3) is 0.786. The van der Waals surface area contributed by atoms with Crippen molar-refractivity contribution >= 4 is 5.82 Å². The fourth-order valence-electron chi connectivity index (χ4n) is 3.25. The van der Waals surface area contributed by atoms with Gasteiger partial charge in [0.05, 0.1) is 0 Å². The lowest BCUT2D eigenvalue weighted by Crippen LogP contribution is -2.32. The molecule has 3 rings (SSSR count). The van der Waals surface area contributed by atoms with E-state index in [0.717, 1.165) is 44.8 Å². The summed E-state index contributed by atoms with van der Waals surface area (Å²) in [5, 5.41) is 11.3. The first kappa shape index (κ1) is 12.0. The summed E-state index contributed by atoms with van der Waals surface area (Å²) < 4.78 is 5.51. The Morgan fingerprint density at radius 1 is 1.33 bits per heavy atom. The van der Waals surface area contributed by atoms with Gasteiger partial charge in [0, 0.05) is 36.4 Å². The first-order valence-corrected chi connectivity index (χ1v) is 7.11. The van der Waals surface area contributed by atoms with E-state index in [1.165, 1.54) is 17.7 Å². The average Bonchev–Trinajstić information content (AvgIpc) is 2.91. The molecule has 2 aliphatic rings. The molecule has 0 atom stereocenters. The highest BCUT2D eigenvalue weighted by Crippen LogP contribution is 2.46. The zero-order valence-corrected chi connectivity index (χ0v) is 11.4. The second kappa shape index (κ2) is 4.57. The number of ether oxygens (including phenoxy) is 1. The van der Waals surface area contributed by atoms with Crippen LogP contribution in [0.15, 0.2) is 0 Å². The maximum Gasteiger partial charge on any atom is 0.151 e. The maximum atomic E-state index is 5.51. The summed E-state index contributed by atoms with van der Waals surface area (Å²) in [4.78, 5) is 0. The highest BCUT2D eigenvalue weighted by Gasteiger charge is 2.42. The molecule has 0 bridgehead atoms. The Kier molecular flexibility index (Phi) is 3.06. The number of aromatic nitrogens is 2. The Morgan fingerprint density at radius 2 is 2.11 bits per heavy atom. The minimum Gasteiger partial charge on any atom is -0.381 e. The zero-order chi connectivity index (χ0) is 12.6. The van der Waals surface area contributed by atoms with Crippen LogP contribution in [0.1, 0.15) is 44.4 Å². The van der Waals surface area contributed by atoms with E-state index in [9.17, 15) is 0 Å². The largest absolute Gasteiger partial charge is 0.381 e. The fourth-order valence-corrected chi connectivity index (χ4v) is 3.25. The molecule has 4 heteroatoms. The third-order valence-corrected chi connectivity index (χ3v) is 4.38. The van der Waals surface area contributed by atoms with Crippen LogP contribution in [-0.4, -0.2) is 30.0 Å². The van der Waals surface area contributed by atoms with E-state index in [0.29, 0.717) is 11.3 Å². The van der Waals surface area contributed by atoms with Gasteiger partial charge in [-0.15, -0.1) is 0 Å². The summed E-state index contributed by atoms with van der Waals surface area (Å²) in [7, 11) is 0. The molecule has 1 fully saturated rings. The van der Waals surface area contributed by atoms with Crippen molar-refractivity contribution in [2.45, 2.75) is 44.9 Å². The molecule has 1 saturated heterocycles. The van der Waals surface area contributed by atoms with E-state index in [1.807, 2.05) is 0 Å². The molecule has 0 radical (unpaired) electrons. The van der Waals surface area contributed by atoms with Crippen molar-refractivity contribution < 1.29 is 4.74 Å². The molecule has 1 aromatic rings. The average molecular weight is 249 g/mol. The van der Waals surface area contributed by atoms with Gasteiger partial charge in [0.1, 0.15) is 0 Å². The molecule has 1 spiro atoms. The molecule has 0 unspecified atom stereocenters.